The van der Waals surface area contributed by atoms with Crippen molar-refractivity contribution in [2.75, 3.05) is 7.11 Å². The summed E-state index contributed by atoms with van der Waals surface area (Å²) >= 11 is 0. The van der Waals surface area contributed by atoms with Gasteiger partial charge in [-0.1, -0.05) is 30.3 Å². The molecule has 0 saturated carbocycles. The molecule has 2 N–H and O–H groups in total. The highest BCUT2D eigenvalue weighted by Crippen LogP contribution is 2.34. The van der Waals surface area contributed by atoms with E-state index in [9.17, 15) is 0 Å². The fraction of sp³-hybridized carbons (Fsp3) is 0.222. The molecular formula is C18H18N4O. The van der Waals surface area contributed by atoms with Gasteiger partial charge in [-0.2, -0.15) is 0 Å². The minimum Gasteiger partial charge on any atom is -0.496 e. The van der Waals surface area contributed by atoms with Gasteiger partial charge in [-0.3, -0.25) is 4.57 Å². The van der Waals surface area contributed by atoms with Crippen LogP contribution in [0.15, 0.2) is 48.8 Å². The molecule has 0 bridgehead atoms. The molecule has 5 nitrogen and oxygen atoms in total. The standard InChI is InChI=1S/C18H18N4O/c1-23-17-10-16-13(9-15(19)18-21-20-11-22(16)18)8-14(17)7-12-5-3-2-4-6-12/h2-6,8,10-11,15H,7,9,19H2,1H3. The molecule has 2 heterocycles. The lowest BCUT2D eigenvalue weighted by Gasteiger charge is -2.24. The normalized spacial score (nSPS) is 15.8. The summed E-state index contributed by atoms with van der Waals surface area (Å²) in [7, 11) is 1.71. The average Bonchev–Trinajstić information content (AvgIpc) is 3.06. The Hall–Kier alpha value is -2.66. The molecule has 2 aromatic carbocycles. The van der Waals surface area contributed by atoms with Crippen LogP contribution in [-0.2, 0) is 12.8 Å². The molecule has 1 atom stereocenters. The maximum atomic E-state index is 6.22. The van der Waals surface area contributed by atoms with Gasteiger partial charge < -0.3 is 10.5 Å². The van der Waals surface area contributed by atoms with E-state index in [1.54, 1.807) is 13.4 Å². The molecule has 0 amide bonds. The first-order valence-corrected chi connectivity index (χ1v) is 7.66. The van der Waals surface area contributed by atoms with Gasteiger partial charge in [0.1, 0.15) is 12.1 Å². The highest BCUT2D eigenvalue weighted by atomic mass is 16.5. The third kappa shape index (κ3) is 2.39. The van der Waals surface area contributed by atoms with E-state index in [-0.39, 0.29) is 6.04 Å². The van der Waals surface area contributed by atoms with Gasteiger partial charge in [0.2, 0.25) is 0 Å². The highest BCUT2D eigenvalue weighted by Gasteiger charge is 2.25. The van der Waals surface area contributed by atoms with Crippen molar-refractivity contribution < 1.29 is 4.74 Å². The fourth-order valence-electron chi connectivity index (χ4n) is 3.21. The Labute approximate surface area is 134 Å². The number of benzene rings is 2. The molecule has 1 aliphatic rings. The Morgan fingerprint density at radius 1 is 1.26 bits per heavy atom. The van der Waals surface area contributed by atoms with Crippen LogP contribution in [0.2, 0.25) is 0 Å². The van der Waals surface area contributed by atoms with Crippen molar-refractivity contribution >= 4 is 0 Å². The average molecular weight is 306 g/mol. The topological polar surface area (TPSA) is 66.0 Å². The van der Waals surface area contributed by atoms with Gasteiger partial charge in [0.25, 0.3) is 0 Å². The molecule has 23 heavy (non-hydrogen) atoms. The number of rotatable bonds is 3. The largest absolute Gasteiger partial charge is 0.496 e. The minimum atomic E-state index is -0.122. The number of ether oxygens (including phenoxy) is 1. The fourth-order valence-corrected chi connectivity index (χ4v) is 3.21. The lowest BCUT2D eigenvalue weighted by atomic mass is 9.94. The molecule has 0 fully saturated rings. The maximum Gasteiger partial charge on any atom is 0.154 e. The number of hydrogen-bond acceptors (Lipinski definition) is 4. The summed E-state index contributed by atoms with van der Waals surface area (Å²) in [6, 6.07) is 14.5. The van der Waals surface area contributed by atoms with Crippen LogP contribution in [0.1, 0.15) is 28.6 Å². The minimum absolute atomic E-state index is 0.122. The molecule has 0 aliphatic carbocycles. The van der Waals surface area contributed by atoms with Gasteiger partial charge in [-0.05, 0) is 29.2 Å². The van der Waals surface area contributed by atoms with Crippen molar-refractivity contribution in [1.29, 1.82) is 0 Å². The molecule has 0 saturated heterocycles. The third-order valence-electron chi connectivity index (χ3n) is 4.32. The maximum absolute atomic E-state index is 6.22. The summed E-state index contributed by atoms with van der Waals surface area (Å²) in [6.07, 6.45) is 3.31. The summed E-state index contributed by atoms with van der Waals surface area (Å²) < 4.78 is 7.57. The third-order valence-corrected chi connectivity index (χ3v) is 4.32. The van der Waals surface area contributed by atoms with Crippen molar-refractivity contribution in [3.8, 4) is 11.4 Å². The summed E-state index contributed by atoms with van der Waals surface area (Å²) in [5, 5.41) is 8.12. The summed E-state index contributed by atoms with van der Waals surface area (Å²) in [5.74, 6) is 1.68. The second-order valence-electron chi connectivity index (χ2n) is 5.82. The van der Waals surface area contributed by atoms with E-state index in [0.717, 1.165) is 30.1 Å². The van der Waals surface area contributed by atoms with Gasteiger partial charge >= 0.3 is 0 Å². The molecule has 0 spiro atoms. The Bertz CT molecular complexity index is 841. The molecule has 116 valence electrons. The second-order valence-corrected chi connectivity index (χ2v) is 5.82. The van der Waals surface area contributed by atoms with Crippen molar-refractivity contribution in [3.05, 3.63) is 71.3 Å². The Kier molecular flexibility index (Phi) is 3.35. The molecule has 1 unspecified atom stereocenters. The zero-order valence-electron chi connectivity index (χ0n) is 12.9. The van der Waals surface area contributed by atoms with E-state index < -0.39 is 0 Å². The lowest BCUT2D eigenvalue weighted by Crippen LogP contribution is -2.24. The van der Waals surface area contributed by atoms with Crippen LogP contribution in [0.3, 0.4) is 0 Å². The van der Waals surface area contributed by atoms with Gasteiger partial charge in [0, 0.05) is 12.5 Å². The molecule has 1 aromatic heterocycles. The number of methoxy groups -OCH3 is 1. The quantitative estimate of drug-likeness (QED) is 0.807. The van der Waals surface area contributed by atoms with E-state index in [1.165, 1.54) is 16.7 Å². The van der Waals surface area contributed by atoms with Crippen LogP contribution in [0.4, 0.5) is 0 Å². The van der Waals surface area contributed by atoms with Gasteiger partial charge in [0.15, 0.2) is 5.82 Å². The zero-order chi connectivity index (χ0) is 15.8. The molecule has 1 aliphatic heterocycles. The van der Waals surface area contributed by atoms with Crippen LogP contribution in [0, 0.1) is 0 Å². The summed E-state index contributed by atoms with van der Waals surface area (Å²) in [5.41, 5.74) is 10.9. The van der Waals surface area contributed by atoms with Crippen molar-refractivity contribution in [3.63, 3.8) is 0 Å². The Balaban J connectivity index is 1.80. The zero-order valence-corrected chi connectivity index (χ0v) is 12.9. The number of nitrogens with zero attached hydrogens (tertiary/aromatic N) is 3. The van der Waals surface area contributed by atoms with Crippen LogP contribution in [0.25, 0.3) is 5.69 Å². The molecule has 5 heteroatoms. The lowest BCUT2D eigenvalue weighted by molar-refractivity contribution is 0.409. The van der Waals surface area contributed by atoms with Gasteiger partial charge in [-0.25, -0.2) is 0 Å². The van der Waals surface area contributed by atoms with Crippen molar-refractivity contribution in [1.82, 2.24) is 14.8 Å². The molecule has 3 aromatic rings. The van der Waals surface area contributed by atoms with Gasteiger partial charge in [0.05, 0.1) is 18.8 Å². The number of fused-ring (bicyclic) bond motifs is 3. The Morgan fingerprint density at radius 3 is 2.87 bits per heavy atom. The first kappa shape index (κ1) is 14.0. The predicted molar refractivity (Wildman–Crippen MR) is 87.8 cm³/mol. The van der Waals surface area contributed by atoms with Crippen molar-refractivity contribution in [2.45, 2.75) is 18.9 Å². The van der Waals surface area contributed by atoms with Crippen molar-refractivity contribution in [2.24, 2.45) is 5.73 Å². The SMILES string of the molecule is COc1cc2c(cc1Cc1ccccc1)CC(N)c1nncn1-2. The summed E-state index contributed by atoms with van der Waals surface area (Å²) in [6.45, 7) is 0. The molecule has 4 rings (SSSR count). The van der Waals surface area contributed by atoms with E-state index >= 15 is 0 Å². The van der Waals surface area contributed by atoms with Gasteiger partial charge in [-0.15, -0.1) is 10.2 Å². The van der Waals surface area contributed by atoms with E-state index in [4.69, 9.17) is 10.5 Å². The number of hydrogen-bond donors (Lipinski definition) is 1. The first-order valence-electron chi connectivity index (χ1n) is 7.66. The highest BCUT2D eigenvalue weighted by molar-refractivity contribution is 5.54. The van der Waals surface area contributed by atoms with Crippen LogP contribution >= 0.6 is 0 Å². The Morgan fingerprint density at radius 2 is 2.09 bits per heavy atom. The van der Waals surface area contributed by atoms with E-state index in [0.29, 0.717) is 0 Å². The van der Waals surface area contributed by atoms with Crippen LogP contribution in [-0.4, -0.2) is 21.9 Å². The predicted octanol–water partition coefficient (Wildman–Crippen LogP) is 2.42. The number of aromatic nitrogens is 3. The first-order chi connectivity index (χ1) is 11.3. The smallest absolute Gasteiger partial charge is 0.154 e. The monoisotopic (exact) mass is 306 g/mol. The summed E-state index contributed by atoms with van der Waals surface area (Å²) in [4.78, 5) is 0. The van der Waals surface area contributed by atoms with Crippen LogP contribution < -0.4 is 10.5 Å². The van der Waals surface area contributed by atoms with Crippen LogP contribution in [0.5, 0.6) is 5.75 Å². The molecule has 0 radical (unpaired) electrons. The molecular weight excluding hydrogens is 288 g/mol. The number of nitrogens with two attached hydrogens (primary N) is 1. The second kappa shape index (κ2) is 5.52. The van der Waals surface area contributed by atoms with E-state index in [2.05, 4.69) is 46.6 Å². The van der Waals surface area contributed by atoms with E-state index in [1.807, 2.05) is 10.6 Å².